The normalized spacial score (nSPS) is 19.3. The van der Waals surface area contributed by atoms with Gasteiger partial charge in [-0.15, -0.1) is 0 Å². The summed E-state index contributed by atoms with van der Waals surface area (Å²) in [6.07, 6.45) is 6.94. The summed E-state index contributed by atoms with van der Waals surface area (Å²) in [5.74, 6) is 1.53. The van der Waals surface area contributed by atoms with Gasteiger partial charge in [-0.25, -0.2) is 13.4 Å². The van der Waals surface area contributed by atoms with Crippen molar-refractivity contribution in [3.63, 3.8) is 0 Å². The SMILES string of the molecule is COc1cc(CC(C)(C)C)ccc1-n1cc(C(=O)NCC2CCC(S(C)(=O)=O)CC2)nc1C. The van der Waals surface area contributed by atoms with Crippen molar-refractivity contribution >= 4 is 15.7 Å². The molecule has 0 unspecified atom stereocenters. The Balaban J connectivity index is 1.67. The highest BCUT2D eigenvalue weighted by Crippen LogP contribution is 2.30. The van der Waals surface area contributed by atoms with E-state index in [-0.39, 0.29) is 16.6 Å². The first-order valence-electron chi connectivity index (χ1n) is 11.6. The quantitative estimate of drug-likeness (QED) is 0.651. The minimum absolute atomic E-state index is 0.173. The lowest BCUT2D eigenvalue weighted by atomic mass is 9.88. The largest absolute Gasteiger partial charge is 0.495 e. The third-order valence-corrected chi connectivity index (χ3v) is 7.99. The van der Waals surface area contributed by atoms with Crippen molar-refractivity contribution in [2.75, 3.05) is 19.9 Å². The molecule has 0 atom stereocenters. The number of aryl methyl sites for hydroxylation is 1. The van der Waals surface area contributed by atoms with Crippen molar-refractivity contribution < 1.29 is 17.9 Å². The number of carbonyl (C=O) groups excluding carboxylic acids is 1. The maximum atomic E-state index is 12.8. The molecule has 1 aromatic carbocycles. The van der Waals surface area contributed by atoms with Gasteiger partial charge in [0.25, 0.3) is 5.91 Å². The number of benzene rings is 1. The van der Waals surface area contributed by atoms with Crippen LogP contribution in [0.5, 0.6) is 5.75 Å². The number of aromatic nitrogens is 2. The molecule has 1 fully saturated rings. The van der Waals surface area contributed by atoms with Gasteiger partial charge in [-0.2, -0.15) is 0 Å². The molecule has 1 amide bonds. The van der Waals surface area contributed by atoms with Crippen molar-refractivity contribution in [2.45, 2.75) is 65.0 Å². The number of nitrogens with zero attached hydrogens (tertiary/aromatic N) is 2. The van der Waals surface area contributed by atoms with Crippen molar-refractivity contribution in [3.8, 4) is 11.4 Å². The van der Waals surface area contributed by atoms with E-state index in [4.69, 9.17) is 4.74 Å². The number of rotatable bonds is 7. The van der Waals surface area contributed by atoms with Crippen molar-refractivity contribution in [2.24, 2.45) is 11.3 Å². The number of hydrogen-bond donors (Lipinski definition) is 1. The molecule has 1 heterocycles. The molecular formula is C25H37N3O4S. The van der Waals surface area contributed by atoms with Crippen molar-refractivity contribution in [1.29, 1.82) is 0 Å². The second kappa shape index (κ2) is 9.87. The summed E-state index contributed by atoms with van der Waals surface area (Å²) in [5.41, 5.74) is 2.58. The van der Waals surface area contributed by atoms with E-state index in [0.717, 1.165) is 30.7 Å². The van der Waals surface area contributed by atoms with E-state index >= 15 is 0 Å². The Morgan fingerprint density at radius 3 is 2.45 bits per heavy atom. The molecule has 0 aliphatic heterocycles. The van der Waals surface area contributed by atoms with Gasteiger partial charge in [0.2, 0.25) is 0 Å². The van der Waals surface area contributed by atoms with Crippen LogP contribution in [0.15, 0.2) is 24.4 Å². The van der Waals surface area contributed by atoms with Gasteiger partial charge >= 0.3 is 0 Å². The lowest BCUT2D eigenvalue weighted by molar-refractivity contribution is 0.0939. The zero-order valence-corrected chi connectivity index (χ0v) is 21.5. The van der Waals surface area contributed by atoms with Crippen molar-refractivity contribution in [3.05, 3.63) is 41.5 Å². The lowest BCUT2D eigenvalue weighted by Crippen LogP contribution is -2.34. The van der Waals surface area contributed by atoms with Crippen LogP contribution in [0.2, 0.25) is 0 Å². The van der Waals surface area contributed by atoms with E-state index < -0.39 is 9.84 Å². The average molecular weight is 476 g/mol. The number of sulfone groups is 1. The van der Waals surface area contributed by atoms with Crippen LogP contribution in [0, 0.1) is 18.3 Å². The standard InChI is InChI=1S/C25H37N3O4S/c1-17-27-21(24(29)26-15-18-7-10-20(11-8-18)33(6,30)31)16-28(17)22-12-9-19(13-23(22)32-5)14-25(2,3)4/h9,12-13,16,18,20H,7-8,10-11,14-15H2,1-6H3,(H,26,29). The molecule has 0 spiro atoms. The van der Waals surface area contributed by atoms with E-state index in [2.05, 4.69) is 37.1 Å². The molecular weight excluding hydrogens is 438 g/mol. The topological polar surface area (TPSA) is 90.3 Å². The minimum Gasteiger partial charge on any atom is -0.495 e. The van der Waals surface area contributed by atoms with Crippen LogP contribution in [-0.4, -0.2) is 49.0 Å². The molecule has 3 rings (SSSR count). The van der Waals surface area contributed by atoms with Crippen LogP contribution in [0.4, 0.5) is 0 Å². The molecule has 0 bridgehead atoms. The van der Waals surface area contributed by atoms with Crippen LogP contribution < -0.4 is 10.1 Å². The number of nitrogens with one attached hydrogen (secondary N) is 1. The van der Waals surface area contributed by atoms with Gasteiger partial charge in [0.05, 0.1) is 18.0 Å². The summed E-state index contributed by atoms with van der Waals surface area (Å²) in [6, 6.07) is 6.15. The highest BCUT2D eigenvalue weighted by atomic mass is 32.2. The van der Waals surface area contributed by atoms with E-state index in [9.17, 15) is 13.2 Å². The van der Waals surface area contributed by atoms with Crippen LogP contribution in [-0.2, 0) is 16.3 Å². The molecule has 2 aromatic rings. The molecule has 7 nitrogen and oxygen atoms in total. The van der Waals surface area contributed by atoms with E-state index in [0.29, 0.717) is 36.8 Å². The molecule has 0 radical (unpaired) electrons. The summed E-state index contributed by atoms with van der Waals surface area (Å²) in [4.78, 5) is 17.2. The number of imidazole rings is 1. The van der Waals surface area contributed by atoms with Crippen LogP contribution in [0.1, 0.15) is 68.3 Å². The van der Waals surface area contributed by atoms with E-state index in [1.807, 2.05) is 23.6 Å². The highest BCUT2D eigenvalue weighted by molar-refractivity contribution is 7.91. The average Bonchev–Trinajstić information content (AvgIpc) is 3.12. The molecule has 1 aliphatic rings. The van der Waals surface area contributed by atoms with E-state index in [1.54, 1.807) is 13.3 Å². The Labute approximate surface area is 197 Å². The van der Waals surface area contributed by atoms with Crippen LogP contribution >= 0.6 is 0 Å². The fraction of sp³-hybridized carbons (Fsp3) is 0.600. The number of carbonyl (C=O) groups is 1. The maximum Gasteiger partial charge on any atom is 0.271 e. The first kappa shape index (κ1) is 25.3. The number of hydrogen-bond acceptors (Lipinski definition) is 5. The van der Waals surface area contributed by atoms with Gasteiger partial charge in [-0.1, -0.05) is 26.8 Å². The number of methoxy groups -OCH3 is 1. The zero-order valence-electron chi connectivity index (χ0n) is 20.6. The summed E-state index contributed by atoms with van der Waals surface area (Å²) >= 11 is 0. The second-order valence-corrected chi connectivity index (χ2v) is 12.8. The van der Waals surface area contributed by atoms with Gasteiger partial charge in [0.1, 0.15) is 27.1 Å². The summed E-state index contributed by atoms with van der Waals surface area (Å²) in [5, 5.41) is 2.74. The fourth-order valence-electron chi connectivity index (χ4n) is 4.56. The van der Waals surface area contributed by atoms with Gasteiger partial charge in [-0.3, -0.25) is 9.36 Å². The van der Waals surface area contributed by atoms with Crippen molar-refractivity contribution in [1.82, 2.24) is 14.9 Å². The van der Waals surface area contributed by atoms with Crippen LogP contribution in [0.25, 0.3) is 5.69 Å². The molecule has 1 saturated carbocycles. The molecule has 8 heteroatoms. The van der Waals surface area contributed by atoms with Gasteiger partial charge < -0.3 is 10.1 Å². The predicted octanol–water partition coefficient (Wildman–Crippen LogP) is 4.11. The Bertz CT molecular complexity index is 1090. The van der Waals surface area contributed by atoms with Crippen LogP contribution in [0.3, 0.4) is 0 Å². The first-order valence-corrected chi connectivity index (χ1v) is 13.5. The third kappa shape index (κ3) is 6.59. The number of ether oxygens (including phenoxy) is 1. The van der Waals surface area contributed by atoms with Gasteiger partial charge in [-0.05, 0) is 68.1 Å². The third-order valence-electron chi connectivity index (χ3n) is 6.30. The zero-order chi connectivity index (χ0) is 24.4. The smallest absolute Gasteiger partial charge is 0.271 e. The lowest BCUT2D eigenvalue weighted by Gasteiger charge is -2.27. The molecule has 1 aliphatic carbocycles. The van der Waals surface area contributed by atoms with Gasteiger partial charge in [0.15, 0.2) is 0 Å². The summed E-state index contributed by atoms with van der Waals surface area (Å²) in [7, 11) is -1.33. The summed E-state index contributed by atoms with van der Waals surface area (Å²) < 4.78 is 31.0. The Morgan fingerprint density at radius 1 is 1.21 bits per heavy atom. The highest BCUT2D eigenvalue weighted by Gasteiger charge is 2.28. The summed E-state index contributed by atoms with van der Waals surface area (Å²) in [6.45, 7) is 9.01. The van der Waals surface area contributed by atoms with Gasteiger partial charge in [0, 0.05) is 19.0 Å². The van der Waals surface area contributed by atoms with E-state index in [1.165, 1.54) is 11.8 Å². The Morgan fingerprint density at radius 2 is 1.88 bits per heavy atom. The Kier molecular flexibility index (Phi) is 7.56. The molecule has 33 heavy (non-hydrogen) atoms. The molecule has 1 aromatic heterocycles. The Hall–Kier alpha value is -2.35. The second-order valence-electron chi connectivity index (χ2n) is 10.5. The maximum absolute atomic E-state index is 12.8. The fourth-order valence-corrected chi connectivity index (χ4v) is 5.69. The molecule has 1 N–H and O–H groups in total. The molecule has 0 saturated heterocycles. The number of amides is 1. The first-order chi connectivity index (χ1) is 15.4. The predicted molar refractivity (Wildman–Crippen MR) is 131 cm³/mol. The molecule has 182 valence electrons. The monoisotopic (exact) mass is 475 g/mol. The minimum atomic E-state index is -2.98.